The third kappa shape index (κ3) is 2.35. The SMILES string of the molecule is Cn1c(C(=O)N2CCC[C@H]2c2noc(C3CC3)n2)cc2ccccc21. The number of carbonyl (C=O) groups excluding carboxylic acids is 1. The molecule has 1 saturated heterocycles. The summed E-state index contributed by atoms with van der Waals surface area (Å²) < 4.78 is 7.37. The third-order valence-electron chi connectivity index (χ3n) is 5.37. The van der Waals surface area contributed by atoms with Crippen molar-refractivity contribution in [2.45, 2.75) is 37.6 Å². The summed E-state index contributed by atoms with van der Waals surface area (Å²) in [4.78, 5) is 19.7. The minimum atomic E-state index is -0.0817. The minimum absolute atomic E-state index is 0.0407. The lowest BCUT2D eigenvalue weighted by atomic mass is 10.2. The Hall–Kier alpha value is -2.63. The molecule has 0 spiro atoms. The number of para-hydroxylation sites is 1. The molecule has 5 rings (SSSR count). The molecular weight excluding hydrogens is 316 g/mol. The number of amides is 1. The minimum Gasteiger partial charge on any atom is -0.340 e. The van der Waals surface area contributed by atoms with Crippen molar-refractivity contribution in [3.63, 3.8) is 0 Å². The maximum atomic E-state index is 13.2. The highest BCUT2D eigenvalue weighted by Crippen LogP contribution is 2.40. The fraction of sp³-hybridized carbons (Fsp3) is 0.421. The first-order chi connectivity index (χ1) is 12.2. The fourth-order valence-corrected chi connectivity index (χ4v) is 3.80. The normalized spacial score (nSPS) is 20.5. The number of benzene rings is 1. The van der Waals surface area contributed by atoms with E-state index in [1.54, 1.807) is 0 Å². The van der Waals surface area contributed by atoms with Gasteiger partial charge in [0.1, 0.15) is 5.69 Å². The topological polar surface area (TPSA) is 64.2 Å². The first kappa shape index (κ1) is 14.7. The van der Waals surface area contributed by atoms with E-state index in [0.29, 0.717) is 17.4 Å². The molecule has 1 aliphatic carbocycles. The van der Waals surface area contributed by atoms with Crippen LogP contribution in [0.25, 0.3) is 10.9 Å². The predicted molar refractivity (Wildman–Crippen MR) is 92.2 cm³/mol. The van der Waals surface area contributed by atoms with E-state index in [4.69, 9.17) is 4.52 Å². The van der Waals surface area contributed by atoms with Gasteiger partial charge in [-0.3, -0.25) is 4.79 Å². The Morgan fingerprint density at radius 1 is 1.24 bits per heavy atom. The Kier molecular flexibility index (Phi) is 3.20. The van der Waals surface area contributed by atoms with Gasteiger partial charge in [-0.15, -0.1) is 0 Å². The van der Waals surface area contributed by atoms with Crippen LogP contribution in [0.3, 0.4) is 0 Å². The van der Waals surface area contributed by atoms with E-state index in [1.165, 1.54) is 0 Å². The molecule has 0 bridgehead atoms. The third-order valence-corrected chi connectivity index (χ3v) is 5.37. The number of nitrogens with zero attached hydrogens (tertiary/aromatic N) is 4. The Labute approximate surface area is 145 Å². The molecule has 6 nitrogen and oxygen atoms in total. The Morgan fingerprint density at radius 2 is 2.08 bits per heavy atom. The van der Waals surface area contributed by atoms with E-state index in [-0.39, 0.29) is 11.9 Å². The van der Waals surface area contributed by atoms with E-state index in [2.05, 4.69) is 10.1 Å². The first-order valence-electron chi connectivity index (χ1n) is 8.91. The van der Waals surface area contributed by atoms with Gasteiger partial charge in [0.25, 0.3) is 5.91 Å². The van der Waals surface area contributed by atoms with E-state index in [1.807, 2.05) is 46.8 Å². The van der Waals surface area contributed by atoms with E-state index in [0.717, 1.165) is 49.0 Å². The van der Waals surface area contributed by atoms with Crippen LogP contribution in [-0.2, 0) is 7.05 Å². The monoisotopic (exact) mass is 336 g/mol. The molecule has 6 heteroatoms. The summed E-state index contributed by atoms with van der Waals surface area (Å²) >= 11 is 0. The van der Waals surface area contributed by atoms with Crippen LogP contribution in [0.2, 0.25) is 0 Å². The molecule has 128 valence electrons. The summed E-state index contributed by atoms with van der Waals surface area (Å²) in [5, 5.41) is 5.25. The number of aryl methyl sites for hydroxylation is 1. The molecule has 3 aromatic rings. The molecule has 2 fully saturated rings. The van der Waals surface area contributed by atoms with Gasteiger partial charge in [-0.05, 0) is 37.8 Å². The van der Waals surface area contributed by atoms with Crippen LogP contribution in [0.15, 0.2) is 34.9 Å². The number of hydrogen-bond acceptors (Lipinski definition) is 4. The summed E-state index contributed by atoms with van der Waals surface area (Å²) in [7, 11) is 1.94. The average molecular weight is 336 g/mol. The summed E-state index contributed by atoms with van der Waals surface area (Å²) in [5.41, 5.74) is 1.77. The molecule has 0 N–H and O–H groups in total. The van der Waals surface area contributed by atoms with Crippen molar-refractivity contribution >= 4 is 16.8 Å². The standard InChI is InChI=1S/C19H20N4O2/c1-22-14-6-3-2-5-13(14)11-16(22)19(24)23-10-4-7-15(23)17-20-18(25-21-17)12-8-9-12/h2-3,5-6,11-12,15H,4,7-10H2,1H3/t15-/m0/s1. The summed E-state index contributed by atoms with van der Waals surface area (Å²) in [5.74, 6) is 1.87. The Balaban J connectivity index is 1.47. The fourth-order valence-electron chi connectivity index (χ4n) is 3.80. The van der Waals surface area contributed by atoms with Gasteiger partial charge >= 0.3 is 0 Å². The molecule has 1 amide bonds. The van der Waals surface area contributed by atoms with Gasteiger partial charge in [0.05, 0.1) is 6.04 Å². The van der Waals surface area contributed by atoms with Crippen LogP contribution in [0.5, 0.6) is 0 Å². The number of carbonyl (C=O) groups is 1. The number of rotatable bonds is 3. The average Bonchev–Trinajstić information content (AvgIpc) is 3.07. The molecule has 25 heavy (non-hydrogen) atoms. The van der Waals surface area contributed by atoms with Gasteiger partial charge in [-0.25, -0.2) is 0 Å². The highest BCUT2D eigenvalue weighted by Gasteiger charge is 2.37. The van der Waals surface area contributed by atoms with Gasteiger partial charge in [0.2, 0.25) is 5.89 Å². The summed E-state index contributed by atoms with van der Waals surface area (Å²) in [6.45, 7) is 0.734. The molecular formula is C19H20N4O2. The number of aromatic nitrogens is 3. The van der Waals surface area contributed by atoms with Crippen molar-refractivity contribution in [1.29, 1.82) is 0 Å². The van der Waals surface area contributed by atoms with E-state index in [9.17, 15) is 4.79 Å². The van der Waals surface area contributed by atoms with Crippen LogP contribution >= 0.6 is 0 Å². The van der Waals surface area contributed by atoms with Crippen LogP contribution in [0, 0.1) is 0 Å². The predicted octanol–water partition coefficient (Wildman–Crippen LogP) is 3.42. The summed E-state index contributed by atoms with van der Waals surface area (Å²) in [6.07, 6.45) is 4.11. The van der Waals surface area contributed by atoms with Crippen LogP contribution in [0.4, 0.5) is 0 Å². The molecule has 0 radical (unpaired) electrons. The molecule has 1 atom stereocenters. The van der Waals surface area contributed by atoms with Crippen molar-refractivity contribution in [3.8, 4) is 0 Å². The van der Waals surface area contributed by atoms with Gasteiger partial charge in [-0.2, -0.15) is 4.98 Å². The van der Waals surface area contributed by atoms with Crippen molar-refractivity contribution in [2.24, 2.45) is 7.05 Å². The van der Waals surface area contributed by atoms with Gasteiger partial charge in [0, 0.05) is 30.4 Å². The van der Waals surface area contributed by atoms with Gasteiger partial charge in [-0.1, -0.05) is 23.4 Å². The number of likely N-dealkylation sites (tertiary alicyclic amines) is 1. The molecule has 0 unspecified atom stereocenters. The second kappa shape index (κ2) is 5.44. The maximum absolute atomic E-state index is 13.2. The highest BCUT2D eigenvalue weighted by atomic mass is 16.5. The van der Waals surface area contributed by atoms with Crippen molar-refractivity contribution in [2.75, 3.05) is 6.54 Å². The Morgan fingerprint density at radius 3 is 2.88 bits per heavy atom. The van der Waals surface area contributed by atoms with Crippen molar-refractivity contribution < 1.29 is 9.32 Å². The zero-order valence-corrected chi connectivity index (χ0v) is 14.2. The van der Waals surface area contributed by atoms with Crippen molar-refractivity contribution in [1.82, 2.24) is 19.6 Å². The first-order valence-corrected chi connectivity index (χ1v) is 8.91. The van der Waals surface area contributed by atoms with Gasteiger partial charge < -0.3 is 14.0 Å². The highest BCUT2D eigenvalue weighted by molar-refractivity contribution is 5.99. The molecule has 1 aromatic carbocycles. The second-order valence-electron chi connectivity index (χ2n) is 7.07. The van der Waals surface area contributed by atoms with E-state index < -0.39 is 0 Å². The van der Waals surface area contributed by atoms with E-state index >= 15 is 0 Å². The lowest BCUT2D eigenvalue weighted by Crippen LogP contribution is -2.32. The molecule has 1 saturated carbocycles. The molecule has 2 aromatic heterocycles. The van der Waals surface area contributed by atoms with Crippen LogP contribution in [-0.4, -0.2) is 32.1 Å². The molecule has 1 aliphatic heterocycles. The Bertz CT molecular complexity index is 953. The second-order valence-corrected chi connectivity index (χ2v) is 7.07. The molecule has 2 aliphatic rings. The smallest absolute Gasteiger partial charge is 0.271 e. The zero-order valence-electron chi connectivity index (χ0n) is 14.2. The lowest BCUT2D eigenvalue weighted by molar-refractivity contribution is 0.0719. The largest absolute Gasteiger partial charge is 0.340 e. The maximum Gasteiger partial charge on any atom is 0.271 e. The number of hydrogen-bond donors (Lipinski definition) is 0. The van der Waals surface area contributed by atoms with Crippen LogP contribution < -0.4 is 0 Å². The number of fused-ring (bicyclic) bond motifs is 1. The zero-order chi connectivity index (χ0) is 17.0. The molecule has 3 heterocycles. The quantitative estimate of drug-likeness (QED) is 0.735. The summed E-state index contributed by atoms with van der Waals surface area (Å²) in [6, 6.07) is 9.95. The van der Waals surface area contributed by atoms with Crippen LogP contribution in [0.1, 0.15) is 59.8 Å². The van der Waals surface area contributed by atoms with Crippen molar-refractivity contribution in [3.05, 3.63) is 47.7 Å². The lowest BCUT2D eigenvalue weighted by Gasteiger charge is -2.22. The van der Waals surface area contributed by atoms with Gasteiger partial charge in [0.15, 0.2) is 5.82 Å².